The molecule has 0 bridgehead atoms. The lowest BCUT2D eigenvalue weighted by Gasteiger charge is -2.34. The van der Waals surface area contributed by atoms with Crippen LogP contribution < -0.4 is 9.47 Å². The molecular weight excluding hydrogens is 392 g/mol. The lowest BCUT2D eigenvalue weighted by atomic mass is 10.1. The maximum atomic E-state index is 12.9. The number of carbonyl (C=O) groups excluding carboxylic acids is 1. The Morgan fingerprint density at radius 2 is 1.52 bits per heavy atom. The summed E-state index contributed by atoms with van der Waals surface area (Å²) in [6.07, 6.45) is 0. The molecule has 1 aliphatic rings. The third kappa shape index (κ3) is 4.71. The van der Waals surface area contributed by atoms with Gasteiger partial charge in [-0.05, 0) is 44.2 Å². The average Bonchev–Trinajstić information content (AvgIpc) is 2.75. The molecule has 1 aliphatic heterocycles. The minimum absolute atomic E-state index is 0.147. The number of nitrogens with zero attached hydrogens (tertiary/aromatic N) is 2. The van der Waals surface area contributed by atoms with Crippen LogP contribution in [0, 0.1) is 0 Å². The third-order valence-electron chi connectivity index (χ3n) is 4.70. The lowest BCUT2D eigenvalue weighted by molar-refractivity contribution is 0.0697. The van der Waals surface area contributed by atoms with E-state index in [0.717, 1.165) is 0 Å². The number of rotatable bonds is 7. The molecule has 2 aromatic rings. The van der Waals surface area contributed by atoms with Crippen LogP contribution in [0.4, 0.5) is 0 Å². The first-order valence-corrected chi connectivity index (χ1v) is 11.2. The van der Waals surface area contributed by atoms with Crippen LogP contribution in [0.15, 0.2) is 53.4 Å². The summed E-state index contributed by atoms with van der Waals surface area (Å²) in [6, 6.07) is 13.5. The predicted octanol–water partition coefficient (Wildman–Crippen LogP) is 2.63. The van der Waals surface area contributed by atoms with E-state index < -0.39 is 10.0 Å². The molecule has 1 fully saturated rings. The summed E-state index contributed by atoms with van der Waals surface area (Å²) in [5, 5.41) is 0. The minimum Gasteiger partial charge on any atom is -0.490 e. The summed E-state index contributed by atoms with van der Waals surface area (Å²) in [5.41, 5.74) is 0.497. The zero-order valence-electron chi connectivity index (χ0n) is 16.7. The molecular formula is C21H26N2O5S. The normalized spacial score (nSPS) is 15.2. The van der Waals surface area contributed by atoms with Gasteiger partial charge >= 0.3 is 0 Å². The van der Waals surface area contributed by atoms with Gasteiger partial charge in [0.2, 0.25) is 10.0 Å². The van der Waals surface area contributed by atoms with E-state index in [1.807, 2.05) is 13.8 Å². The van der Waals surface area contributed by atoms with Crippen molar-refractivity contribution >= 4 is 15.9 Å². The Labute approximate surface area is 171 Å². The molecule has 2 aromatic carbocycles. The van der Waals surface area contributed by atoms with E-state index in [1.165, 1.54) is 4.31 Å². The van der Waals surface area contributed by atoms with Crippen molar-refractivity contribution < 1.29 is 22.7 Å². The smallest absolute Gasteiger partial charge is 0.254 e. The van der Waals surface area contributed by atoms with E-state index in [-0.39, 0.29) is 23.9 Å². The van der Waals surface area contributed by atoms with Gasteiger partial charge in [0.1, 0.15) is 0 Å². The van der Waals surface area contributed by atoms with E-state index in [2.05, 4.69) is 0 Å². The largest absolute Gasteiger partial charge is 0.490 e. The van der Waals surface area contributed by atoms with Crippen LogP contribution in [0.2, 0.25) is 0 Å². The number of piperazine rings is 1. The number of benzene rings is 2. The molecule has 0 aromatic heterocycles. The predicted molar refractivity (Wildman–Crippen MR) is 110 cm³/mol. The van der Waals surface area contributed by atoms with Crippen molar-refractivity contribution in [1.29, 1.82) is 0 Å². The highest BCUT2D eigenvalue weighted by Gasteiger charge is 2.30. The summed E-state index contributed by atoms with van der Waals surface area (Å²) in [5.74, 6) is 0.987. The Hall–Kier alpha value is -2.58. The zero-order valence-corrected chi connectivity index (χ0v) is 17.5. The number of carbonyl (C=O) groups is 1. The monoisotopic (exact) mass is 418 g/mol. The van der Waals surface area contributed by atoms with E-state index in [4.69, 9.17) is 9.47 Å². The summed E-state index contributed by atoms with van der Waals surface area (Å²) in [6.45, 7) is 5.92. The van der Waals surface area contributed by atoms with Crippen LogP contribution in [-0.2, 0) is 10.0 Å². The van der Waals surface area contributed by atoms with Gasteiger partial charge in [-0.25, -0.2) is 8.42 Å². The number of hydrogen-bond donors (Lipinski definition) is 0. The number of ether oxygens (including phenoxy) is 2. The fraction of sp³-hybridized carbons (Fsp3) is 0.381. The van der Waals surface area contributed by atoms with Gasteiger partial charge in [-0.1, -0.05) is 18.2 Å². The SMILES string of the molecule is CCOc1ccc(C(=O)N2CCN(S(=O)(=O)c3ccccc3)CC2)cc1OCC. The number of hydrogen-bond acceptors (Lipinski definition) is 5. The van der Waals surface area contributed by atoms with E-state index >= 15 is 0 Å². The summed E-state index contributed by atoms with van der Waals surface area (Å²) >= 11 is 0. The van der Waals surface area contributed by atoms with Crippen LogP contribution in [0.3, 0.4) is 0 Å². The quantitative estimate of drug-likeness (QED) is 0.691. The third-order valence-corrected chi connectivity index (χ3v) is 6.61. The first-order valence-electron chi connectivity index (χ1n) is 9.71. The Morgan fingerprint density at radius 3 is 2.14 bits per heavy atom. The fourth-order valence-corrected chi connectivity index (χ4v) is 4.68. The van der Waals surface area contributed by atoms with Gasteiger partial charge in [0.15, 0.2) is 11.5 Å². The van der Waals surface area contributed by atoms with Crippen LogP contribution in [0.5, 0.6) is 11.5 Å². The highest BCUT2D eigenvalue weighted by atomic mass is 32.2. The molecule has 1 amide bonds. The van der Waals surface area contributed by atoms with Crippen molar-refractivity contribution in [2.75, 3.05) is 39.4 Å². The van der Waals surface area contributed by atoms with Crippen molar-refractivity contribution in [3.63, 3.8) is 0 Å². The number of sulfonamides is 1. The molecule has 0 atom stereocenters. The maximum absolute atomic E-state index is 12.9. The molecule has 0 unspecified atom stereocenters. The molecule has 1 heterocycles. The van der Waals surface area contributed by atoms with Gasteiger partial charge in [0.05, 0.1) is 18.1 Å². The second kappa shape index (κ2) is 9.28. The first kappa shape index (κ1) is 21.1. The van der Waals surface area contributed by atoms with Gasteiger partial charge in [-0.2, -0.15) is 4.31 Å². The molecule has 0 spiro atoms. The Kier molecular flexibility index (Phi) is 6.76. The summed E-state index contributed by atoms with van der Waals surface area (Å²) < 4.78 is 38.0. The molecule has 0 N–H and O–H groups in total. The van der Waals surface area contributed by atoms with Crippen LogP contribution >= 0.6 is 0 Å². The molecule has 8 heteroatoms. The maximum Gasteiger partial charge on any atom is 0.254 e. The average molecular weight is 419 g/mol. The molecule has 0 aliphatic carbocycles. The first-order chi connectivity index (χ1) is 14.0. The van der Waals surface area contributed by atoms with Crippen LogP contribution in [0.1, 0.15) is 24.2 Å². The van der Waals surface area contributed by atoms with Gasteiger partial charge in [-0.15, -0.1) is 0 Å². The fourth-order valence-electron chi connectivity index (χ4n) is 3.24. The van der Waals surface area contributed by atoms with Crippen LogP contribution in [0.25, 0.3) is 0 Å². The zero-order chi connectivity index (χ0) is 20.9. The van der Waals surface area contributed by atoms with Crippen molar-refractivity contribution in [3.05, 3.63) is 54.1 Å². The second-order valence-electron chi connectivity index (χ2n) is 6.54. The molecule has 3 rings (SSSR count). The minimum atomic E-state index is -3.54. The summed E-state index contributed by atoms with van der Waals surface area (Å²) in [4.78, 5) is 14.9. The van der Waals surface area contributed by atoms with E-state index in [0.29, 0.717) is 43.4 Å². The highest BCUT2D eigenvalue weighted by Crippen LogP contribution is 2.29. The number of amides is 1. The molecule has 1 saturated heterocycles. The van der Waals surface area contributed by atoms with Crippen LogP contribution in [-0.4, -0.2) is 62.9 Å². The van der Waals surface area contributed by atoms with Gasteiger partial charge in [0.25, 0.3) is 5.91 Å². The van der Waals surface area contributed by atoms with Gasteiger partial charge in [0, 0.05) is 31.7 Å². The molecule has 0 radical (unpaired) electrons. The molecule has 156 valence electrons. The molecule has 0 saturated carbocycles. The van der Waals surface area contributed by atoms with E-state index in [1.54, 1.807) is 53.4 Å². The van der Waals surface area contributed by atoms with Gasteiger partial charge in [-0.3, -0.25) is 4.79 Å². The lowest BCUT2D eigenvalue weighted by Crippen LogP contribution is -2.50. The van der Waals surface area contributed by atoms with Gasteiger partial charge < -0.3 is 14.4 Å². The Morgan fingerprint density at radius 1 is 0.897 bits per heavy atom. The Balaban J connectivity index is 1.69. The van der Waals surface area contributed by atoms with Crippen molar-refractivity contribution in [3.8, 4) is 11.5 Å². The Bertz CT molecular complexity index is 939. The van der Waals surface area contributed by atoms with E-state index in [9.17, 15) is 13.2 Å². The second-order valence-corrected chi connectivity index (χ2v) is 8.47. The highest BCUT2D eigenvalue weighted by molar-refractivity contribution is 7.89. The van der Waals surface area contributed by atoms with Crippen molar-refractivity contribution in [2.45, 2.75) is 18.7 Å². The van der Waals surface area contributed by atoms with Crippen molar-refractivity contribution in [1.82, 2.24) is 9.21 Å². The van der Waals surface area contributed by atoms with Crippen molar-refractivity contribution in [2.24, 2.45) is 0 Å². The molecule has 29 heavy (non-hydrogen) atoms. The topological polar surface area (TPSA) is 76.2 Å². The standard InChI is InChI=1S/C21H26N2O5S/c1-3-27-19-11-10-17(16-20(19)28-4-2)21(24)22-12-14-23(15-13-22)29(25,26)18-8-6-5-7-9-18/h5-11,16H,3-4,12-15H2,1-2H3. The molecule has 7 nitrogen and oxygen atoms in total. The summed E-state index contributed by atoms with van der Waals surface area (Å²) in [7, 11) is -3.54.